The third kappa shape index (κ3) is 3.20. The minimum atomic E-state index is -0.571. The summed E-state index contributed by atoms with van der Waals surface area (Å²) in [5.74, 6) is 0. The smallest absolute Gasteiger partial charge is 0.148 e. The summed E-state index contributed by atoms with van der Waals surface area (Å²) in [4.78, 5) is 0. The van der Waals surface area contributed by atoms with Crippen LogP contribution in [-0.4, -0.2) is 10.5 Å². The maximum absolute atomic E-state index is 6.47. The first-order valence-electron chi connectivity index (χ1n) is 8.76. The lowest BCUT2D eigenvalue weighted by molar-refractivity contribution is 0.170. The van der Waals surface area contributed by atoms with Crippen molar-refractivity contribution in [2.75, 3.05) is 0 Å². The van der Waals surface area contributed by atoms with E-state index >= 15 is 0 Å². The van der Waals surface area contributed by atoms with Gasteiger partial charge in [0.05, 0.1) is 0 Å². The van der Waals surface area contributed by atoms with E-state index < -0.39 is 5.60 Å². The molecule has 3 rings (SSSR count). The van der Waals surface area contributed by atoms with Crippen LogP contribution in [0.1, 0.15) is 43.0 Å². The van der Waals surface area contributed by atoms with E-state index in [0.717, 1.165) is 0 Å². The minimum absolute atomic E-state index is 0.0332. The largest absolute Gasteiger partial charge is 0.411 e. The summed E-state index contributed by atoms with van der Waals surface area (Å²) < 4.78 is 6.47. The van der Waals surface area contributed by atoms with E-state index in [0.29, 0.717) is 10.5 Å². The van der Waals surface area contributed by atoms with Gasteiger partial charge in [-0.2, -0.15) is 0 Å². The van der Waals surface area contributed by atoms with Crippen molar-refractivity contribution in [3.05, 3.63) is 107 Å². The van der Waals surface area contributed by atoms with Gasteiger partial charge in [-0.3, -0.25) is 0 Å². The Morgan fingerprint density at radius 3 is 1.40 bits per heavy atom. The third-order valence-electron chi connectivity index (χ3n) is 4.78. The van der Waals surface area contributed by atoms with Gasteiger partial charge < -0.3 is 4.43 Å². The van der Waals surface area contributed by atoms with E-state index in [2.05, 4.69) is 106 Å². The van der Waals surface area contributed by atoms with Crippen molar-refractivity contribution >= 4 is 10.5 Å². The third-order valence-corrected chi connectivity index (χ3v) is 5.39. The first-order valence-corrected chi connectivity index (χ1v) is 9.58. The van der Waals surface area contributed by atoms with Crippen molar-refractivity contribution in [3.63, 3.8) is 0 Å². The van der Waals surface area contributed by atoms with Crippen molar-refractivity contribution in [2.45, 2.75) is 31.8 Å². The summed E-state index contributed by atoms with van der Waals surface area (Å²) in [6.45, 7) is 6.79. The van der Waals surface area contributed by atoms with E-state index in [1.54, 1.807) is 0 Å². The van der Waals surface area contributed by atoms with E-state index in [9.17, 15) is 0 Å². The first-order chi connectivity index (χ1) is 12.0. The molecule has 0 spiro atoms. The Morgan fingerprint density at radius 2 is 1.00 bits per heavy atom. The minimum Gasteiger partial charge on any atom is -0.411 e. The highest BCUT2D eigenvalue weighted by atomic mass is 28.2. The van der Waals surface area contributed by atoms with Gasteiger partial charge in [0.15, 0.2) is 0 Å². The van der Waals surface area contributed by atoms with Gasteiger partial charge in [0.25, 0.3) is 0 Å². The highest BCUT2D eigenvalue weighted by Gasteiger charge is 2.39. The van der Waals surface area contributed by atoms with E-state index in [1.165, 1.54) is 22.3 Å². The van der Waals surface area contributed by atoms with Gasteiger partial charge in [-0.05, 0) is 27.7 Å². The fourth-order valence-electron chi connectivity index (χ4n) is 3.61. The van der Waals surface area contributed by atoms with Crippen LogP contribution in [-0.2, 0) is 15.4 Å². The summed E-state index contributed by atoms with van der Waals surface area (Å²) in [5, 5.41) is 0. The Kier molecular flexibility index (Phi) is 4.93. The second-order valence-electron chi connectivity index (χ2n) is 7.41. The van der Waals surface area contributed by atoms with E-state index in [4.69, 9.17) is 4.43 Å². The Labute approximate surface area is 154 Å². The van der Waals surface area contributed by atoms with Crippen LogP contribution in [0, 0.1) is 0 Å². The van der Waals surface area contributed by atoms with Gasteiger partial charge in [0.1, 0.15) is 16.1 Å². The molecule has 3 aromatic rings. The number of benzene rings is 3. The Balaban J connectivity index is 2.38. The molecular formula is C23H26OSi. The van der Waals surface area contributed by atoms with Crippen LogP contribution in [0.4, 0.5) is 0 Å². The van der Waals surface area contributed by atoms with Crippen LogP contribution in [0.2, 0.25) is 0 Å². The van der Waals surface area contributed by atoms with Crippen LogP contribution in [0.15, 0.2) is 84.9 Å². The van der Waals surface area contributed by atoms with Gasteiger partial charge >= 0.3 is 0 Å². The fourth-order valence-corrected chi connectivity index (χ4v) is 4.30. The predicted octanol–water partition coefficient (Wildman–Crippen LogP) is 4.57. The topological polar surface area (TPSA) is 9.23 Å². The maximum Gasteiger partial charge on any atom is 0.148 e. The lowest BCUT2D eigenvalue weighted by Gasteiger charge is -2.39. The van der Waals surface area contributed by atoms with Crippen LogP contribution < -0.4 is 0 Å². The summed E-state index contributed by atoms with van der Waals surface area (Å²) in [6, 6.07) is 29.9. The second-order valence-corrected chi connectivity index (χ2v) is 7.82. The molecule has 1 nitrogen and oxygen atoms in total. The Bertz CT molecular complexity index is 780. The lowest BCUT2D eigenvalue weighted by atomic mass is 9.73. The van der Waals surface area contributed by atoms with Crippen LogP contribution in [0.3, 0.4) is 0 Å². The van der Waals surface area contributed by atoms with Crippen LogP contribution in [0.25, 0.3) is 0 Å². The van der Waals surface area contributed by atoms with Crippen molar-refractivity contribution in [3.8, 4) is 0 Å². The number of rotatable bonds is 4. The van der Waals surface area contributed by atoms with Crippen molar-refractivity contribution in [1.82, 2.24) is 0 Å². The molecule has 2 heteroatoms. The van der Waals surface area contributed by atoms with Crippen molar-refractivity contribution in [2.24, 2.45) is 0 Å². The molecule has 0 N–H and O–H groups in total. The van der Waals surface area contributed by atoms with Crippen molar-refractivity contribution < 1.29 is 4.43 Å². The zero-order chi connectivity index (χ0) is 17.9. The second kappa shape index (κ2) is 6.99. The zero-order valence-corrected chi connectivity index (χ0v) is 17.5. The number of hydrogen-bond donors (Lipinski definition) is 0. The molecule has 0 heterocycles. The summed E-state index contributed by atoms with van der Waals surface area (Å²) in [6.07, 6.45) is 0. The number of hydrogen-bond acceptors (Lipinski definition) is 1. The van der Waals surface area contributed by atoms with Crippen LogP contribution >= 0.6 is 0 Å². The standard InChI is InChI=1S/C23H26OSi/c1-22(2,3)20-16-10-11-17-21(20)23(24-25,18-12-6-4-7-13-18)19-14-8-5-9-15-19/h4-17H,1-3,25H3. The van der Waals surface area contributed by atoms with Gasteiger partial charge in [-0.25, -0.2) is 0 Å². The highest BCUT2D eigenvalue weighted by Crippen LogP contribution is 2.43. The molecule has 0 fully saturated rings. The van der Waals surface area contributed by atoms with Crippen LogP contribution in [0.5, 0.6) is 0 Å². The lowest BCUT2D eigenvalue weighted by Crippen LogP contribution is -2.35. The normalized spacial score (nSPS) is 12.3. The van der Waals surface area contributed by atoms with Gasteiger partial charge in [-0.1, -0.05) is 106 Å². The average Bonchev–Trinajstić information content (AvgIpc) is 2.64. The molecule has 0 unspecified atom stereocenters. The van der Waals surface area contributed by atoms with Crippen molar-refractivity contribution in [1.29, 1.82) is 0 Å². The van der Waals surface area contributed by atoms with Gasteiger partial charge in [0, 0.05) is 0 Å². The summed E-state index contributed by atoms with van der Waals surface area (Å²) in [7, 11) is 0.635. The molecule has 25 heavy (non-hydrogen) atoms. The SMILES string of the molecule is CC(C)(C)c1ccccc1C(O[SiH3])(c1ccccc1)c1ccccc1. The average molecular weight is 347 g/mol. The Hall–Kier alpha value is -2.16. The monoisotopic (exact) mass is 346 g/mol. The molecule has 0 saturated heterocycles. The fraction of sp³-hybridized carbons (Fsp3) is 0.217. The molecule has 3 aromatic carbocycles. The quantitative estimate of drug-likeness (QED) is 0.496. The van der Waals surface area contributed by atoms with E-state index in [1.807, 2.05) is 0 Å². The molecule has 0 aliphatic carbocycles. The highest BCUT2D eigenvalue weighted by molar-refractivity contribution is 5.99. The maximum atomic E-state index is 6.47. The van der Waals surface area contributed by atoms with Gasteiger partial charge in [0.2, 0.25) is 0 Å². The molecule has 0 bridgehead atoms. The molecule has 0 radical (unpaired) electrons. The molecule has 128 valence electrons. The predicted molar refractivity (Wildman–Crippen MR) is 109 cm³/mol. The molecule has 0 aromatic heterocycles. The molecule has 0 atom stereocenters. The Morgan fingerprint density at radius 1 is 0.600 bits per heavy atom. The molecule has 0 amide bonds. The van der Waals surface area contributed by atoms with Gasteiger partial charge in [-0.15, -0.1) is 0 Å². The molecular weight excluding hydrogens is 320 g/mol. The summed E-state index contributed by atoms with van der Waals surface area (Å²) >= 11 is 0. The first kappa shape index (κ1) is 17.7. The molecule has 0 aliphatic rings. The van der Waals surface area contributed by atoms with E-state index in [-0.39, 0.29) is 5.41 Å². The summed E-state index contributed by atoms with van der Waals surface area (Å²) in [5.41, 5.74) is 4.36. The molecule has 0 aliphatic heterocycles. The zero-order valence-electron chi connectivity index (χ0n) is 15.5. The molecule has 0 saturated carbocycles.